The fourth-order valence-corrected chi connectivity index (χ4v) is 3.84. The Morgan fingerprint density at radius 2 is 1.88 bits per heavy atom. The summed E-state index contributed by atoms with van der Waals surface area (Å²) in [7, 11) is 0. The highest BCUT2D eigenvalue weighted by atomic mass is 15.2. The van der Waals surface area contributed by atoms with Gasteiger partial charge in [-0.15, -0.1) is 0 Å². The van der Waals surface area contributed by atoms with E-state index in [2.05, 4.69) is 81.3 Å². The van der Waals surface area contributed by atoms with Gasteiger partial charge in [-0.05, 0) is 31.0 Å². The Hall–Kier alpha value is -2.17. The third kappa shape index (κ3) is 3.75. The van der Waals surface area contributed by atoms with Crippen LogP contribution in [0.1, 0.15) is 17.8 Å². The summed E-state index contributed by atoms with van der Waals surface area (Å²) in [6.07, 6.45) is 1.23. The first-order chi connectivity index (χ1) is 12.3. The molecule has 1 fully saturated rings. The van der Waals surface area contributed by atoms with Gasteiger partial charge in [-0.2, -0.15) is 0 Å². The Morgan fingerprint density at radius 3 is 2.76 bits per heavy atom. The van der Waals surface area contributed by atoms with Crippen molar-refractivity contribution in [2.75, 3.05) is 19.6 Å². The average Bonchev–Trinajstić information content (AvgIpc) is 3.20. The zero-order valence-electron chi connectivity index (χ0n) is 14.9. The van der Waals surface area contributed by atoms with Crippen molar-refractivity contribution in [2.24, 2.45) is 0 Å². The number of nitrogens with zero attached hydrogens (tertiary/aromatic N) is 3. The molecule has 0 bridgehead atoms. The molecule has 0 spiro atoms. The number of likely N-dealkylation sites (tertiary alicyclic amines) is 1. The second-order valence-corrected chi connectivity index (χ2v) is 6.96. The van der Waals surface area contributed by atoms with Gasteiger partial charge >= 0.3 is 0 Å². The van der Waals surface area contributed by atoms with E-state index in [4.69, 9.17) is 0 Å². The van der Waals surface area contributed by atoms with Crippen molar-refractivity contribution < 1.29 is 0 Å². The molecular weight excluding hydrogens is 308 g/mol. The number of rotatable bonds is 6. The van der Waals surface area contributed by atoms with E-state index in [1.807, 2.05) is 0 Å². The lowest BCUT2D eigenvalue weighted by Gasteiger charge is -2.17. The number of imidazole rings is 1. The predicted molar refractivity (Wildman–Crippen MR) is 103 cm³/mol. The van der Waals surface area contributed by atoms with Gasteiger partial charge < -0.3 is 9.88 Å². The van der Waals surface area contributed by atoms with Gasteiger partial charge in [-0.3, -0.25) is 4.90 Å². The molecule has 4 rings (SSSR count). The Balaban J connectivity index is 1.28. The molecule has 0 radical (unpaired) electrons. The third-order valence-corrected chi connectivity index (χ3v) is 5.14. The summed E-state index contributed by atoms with van der Waals surface area (Å²) in [6.45, 7) is 7.44. The monoisotopic (exact) mass is 334 g/mol. The summed E-state index contributed by atoms with van der Waals surface area (Å²) in [5.74, 6) is 1.10. The highest BCUT2D eigenvalue weighted by Gasteiger charge is 2.21. The second kappa shape index (κ2) is 7.38. The molecule has 2 aromatic carbocycles. The Labute approximate surface area is 149 Å². The molecule has 1 atom stereocenters. The van der Waals surface area contributed by atoms with Crippen molar-refractivity contribution in [2.45, 2.75) is 32.5 Å². The third-order valence-electron chi connectivity index (χ3n) is 5.14. The summed E-state index contributed by atoms with van der Waals surface area (Å²) in [4.78, 5) is 7.20. The predicted octanol–water partition coefficient (Wildman–Crippen LogP) is 3.21. The number of hydrogen-bond acceptors (Lipinski definition) is 3. The first kappa shape index (κ1) is 16.3. The summed E-state index contributed by atoms with van der Waals surface area (Å²) >= 11 is 0. The normalized spacial score (nSPS) is 18.2. The Bertz CT molecular complexity index is 824. The van der Waals surface area contributed by atoms with Crippen molar-refractivity contribution in [3.63, 3.8) is 0 Å². The first-order valence-corrected chi connectivity index (χ1v) is 9.21. The number of aryl methyl sites for hydroxylation is 1. The number of aromatic nitrogens is 2. The zero-order valence-corrected chi connectivity index (χ0v) is 14.9. The van der Waals surface area contributed by atoms with Crippen LogP contribution in [0.4, 0.5) is 0 Å². The Morgan fingerprint density at radius 1 is 1.08 bits per heavy atom. The largest absolute Gasteiger partial charge is 0.327 e. The van der Waals surface area contributed by atoms with Crippen LogP contribution in [-0.2, 0) is 13.1 Å². The van der Waals surface area contributed by atoms with Crippen molar-refractivity contribution in [1.29, 1.82) is 0 Å². The second-order valence-electron chi connectivity index (χ2n) is 6.96. The van der Waals surface area contributed by atoms with Crippen molar-refractivity contribution >= 4 is 11.0 Å². The van der Waals surface area contributed by atoms with Crippen LogP contribution in [-0.4, -0.2) is 40.1 Å². The summed E-state index contributed by atoms with van der Waals surface area (Å²) in [5, 5.41) is 3.74. The van der Waals surface area contributed by atoms with Crippen molar-refractivity contribution in [1.82, 2.24) is 19.8 Å². The molecule has 0 saturated carbocycles. The zero-order chi connectivity index (χ0) is 17.1. The SMILES string of the molecule is Cc1nc2ccccc2n1CCNC1CCN(Cc2ccccc2)C1. The van der Waals surface area contributed by atoms with Gasteiger partial charge in [-0.1, -0.05) is 42.5 Å². The van der Waals surface area contributed by atoms with E-state index in [0.29, 0.717) is 6.04 Å². The van der Waals surface area contributed by atoms with Crippen LogP contribution in [0.3, 0.4) is 0 Å². The molecule has 2 heterocycles. The van der Waals surface area contributed by atoms with E-state index in [0.717, 1.165) is 37.5 Å². The van der Waals surface area contributed by atoms with E-state index in [1.54, 1.807) is 0 Å². The molecule has 3 aromatic rings. The van der Waals surface area contributed by atoms with Crippen molar-refractivity contribution in [3.8, 4) is 0 Å². The minimum absolute atomic E-state index is 0.596. The van der Waals surface area contributed by atoms with Gasteiger partial charge in [0.25, 0.3) is 0 Å². The molecule has 1 aliphatic heterocycles. The van der Waals surface area contributed by atoms with Gasteiger partial charge in [0.05, 0.1) is 11.0 Å². The molecule has 130 valence electrons. The van der Waals surface area contributed by atoms with Gasteiger partial charge in [0.15, 0.2) is 0 Å². The molecular formula is C21H26N4. The van der Waals surface area contributed by atoms with Crippen LogP contribution in [0, 0.1) is 6.92 Å². The van der Waals surface area contributed by atoms with Crippen LogP contribution in [0.2, 0.25) is 0 Å². The molecule has 4 heteroatoms. The minimum atomic E-state index is 0.596. The van der Waals surface area contributed by atoms with Crippen LogP contribution in [0.25, 0.3) is 11.0 Å². The van der Waals surface area contributed by atoms with E-state index < -0.39 is 0 Å². The fourth-order valence-electron chi connectivity index (χ4n) is 3.84. The van der Waals surface area contributed by atoms with E-state index >= 15 is 0 Å². The topological polar surface area (TPSA) is 33.1 Å². The lowest BCUT2D eigenvalue weighted by molar-refractivity contribution is 0.319. The number of hydrogen-bond donors (Lipinski definition) is 1. The van der Waals surface area contributed by atoms with Gasteiger partial charge in [0.2, 0.25) is 0 Å². The standard InChI is InChI=1S/C21H26N4/c1-17-23-20-9-5-6-10-21(20)25(17)14-12-22-19-11-13-24(16-19)15-18-7-3-2-4-8-18/h2-10,19,22H,11-16H2,1H3. The molecule has 1 aliphatic rings. The van der Waals surface area contributed by atoms with Gasteiger partial charge in [0, 0.05) is 38.8 Å². The van der Waals surface area contributed by atoms with Crippen LogP contribution >= 0.6 is 0 Å². The van der Waals surface area contributed by atoms with E-state index in [-0.39, 0.29) is 0 Å². The molecule has 0 amide bonds. The summed E-state index contributed by atoms with van der Waals surface area (Å²) in [5.41, 5.74) is 3.73. The van der Waals surface area contributed by atoms with Crippen LogP contribution in [0.15, 0.2) is 54.6 Å². The van der Waals surface area contributed by atoms with Crippen LogP contribution in [0.5, 0.6) is 0 Å². The van der Waals surface area contributed by atoms with Crippen molar-refractivity contribution in [3.05, 3.63) is 66.0 Å². The quantitative estimate of drug-likeness (QED) is 0.751. The minimum Gasteiger partial charge on any atom is -0.327 e. The van der Waals surface area contributed by atoms with Crippen LogP contribution < -0.4 is 5.32 Å². The maximum Gasteiger partial charge on any atom is 0.106 e. The number of fused-ring (bicyclic) bond motifs is 1. The molecule has 1 aromatic heterocycles. The number of para-hydroxylation sites is 2. The average molecular weight is 334 g/mol. The molecule has 1 saturated heterocycles. The number of nitrogens with one attached hydrogen (secondary N) is 1. The lowest BCUT2D eigenvalue weighted by atomic mass is 10.2. The summed E-state index contributed by atoms with van der Waals surface area (Å²) < 4.78 is 2.32. The Kier molecular flexibility index (Phi) is 4.81. The van der Waals surface area contributed by atoms with E-state index in [1.165, 1.54) is 24.0 Å². The smallest absolute Gasteiger partial charge is 0.106 e. The van der Waals surface area contributed by atoms with Gasteiger partial charge in [-0.25, -0.2) is 4.98 Å². The fraction of sp³-hybridized carbons (Fsp3) is 0.381. The molecule has 4 nitrogen and oxygen atoms in total. The lowest BCUT2D eigenvalue weighted by Crippen LogP contribution is -2.34. The van der Waals surface area contributed by atoms with E-state index in [9.17, 15) is 0 Å². The maximum atomic E-state index is 4.65. The summed E-state index contributed by atoms with van der Waals surface area (Å²) in [6, 6.07) is 19.7. The molecule has 1 unspecified atom stereocenters. The molecule has 0 aliphatic carbocycles. The molecule has 1 N–H and O–H groups in total. The number of benzene rings is 2. The van der Waals surface area contributed by atoms with Gasteiger partial charge in [0.1, 0.15) is 5.82 Å². The first-order valence-electron chi connectivity index (χ1n) is 9.21. The maximum absolute atomic E-state index is 4.65. The molecule has 25 heavy (non-hydrogen) atoms. The highest BCUT2D eigenvalue weighted by Crippen LogP contribution is 2.16. The highest BCUT2D eigenvalue weighted by molar-refractivity contribution is 5.75.